The number of aryl methyl sites for hydroxylation is 3. The summed E-state index contributed by atoms with van der Waals surface area (Å²) in [7, 11) is 3.26. The molecule has 0 saturated carbocycles. The highest BCUT2D eigenvalue weighted by Crippen LogP contribution is 2.38. The van der Waals surface area contributed by atoms with E-state index in [1.807, 2.05) is 41.3 Å². The predicted octanol–water partition coefficient (Wildman–Crippen LogP) is 4.82. The number of nitrogens with one attached hydrogen (secondary N) is 1. The summed E-state index contributed by atoms with van der Waals surface area (Å²) in [6.45, 7) is 4.09. The number of aromatic nitrogens is 1. The van der Waals surface area contributed by atoms with E-state index in [0.29, 0.717) is 80.4 Å². The fraction of sp³-hybridized carbons (Fsp3) is 0.500. The van der Waals surface area contributed by atoms with Crippen LogP contribution >= 0.6 is 0 Å². The number of hydrogen-bond acceptors (Lipinski definition) is 7. The van der Waals surface area contributed by atoms with E-state index in [4.69, 9.17) is 14.0 Å². The summed E-state index contributed by atoms with van der Waals surface area (Å²) < 4.78 is 16.8. The third-order valence-electron chi connectivity index (χ3n) is 9.79. The first-order valence-corrected chi connectivity index (χ1v) is 16.5. The van der Waals surface area contributed by atoms with E-state index in [9.17, 15) is 14.4 Å². The normalized spacial score (nSPS) is 22.5. The Morgan fingerprint density at radius 3 is 2.59 bits per heavy atom. The third-order valence-corrected chi connectivity index (χ3v) is 9.79. The Morgan fingerprint density at radius 1 is 0.978 bits per heavy atom. The lowest BCUT2D eigenvalue weighted by atomic mass is 9.77. The molecule has 0 radical (unpaired) electrons. The number of benzene rings is 2. The lowest BCUT2D eigenvalue weighted by Crippen LogP contribution is -2.60. The smallest absolute Gasteiger partial charge is 0.259 e. The van der Waals surface area contributed by atoms with Gasteiger partial charge in [0.25, 0.3) is 5.91 Å². The van der Waals surface area contributed by atoms with Crippen LogP contribution in [0.25, 0.3) is 11.3 Å². The second-order valence-corrected chi connectivity index (χ2v) is 12.8. The minimum atomic E-state index is -0.0797. The third kappa shape index (κ3) is 6.62. The lowest BCUT2D eigenvalue weighted by Gasteiger charge is -2.51. The maximum absolute atomic E-state index is 14.1. The topological polar surface area (TPSA) is 114 Å². The number of likely N-dealkylation sites (tertiary alicyclic amines) is 1. The van der Waals surface area contributed by atoms with Crippen molar-refractivity contribution in [3.63, 3.8) is 0 Å². The van der Waals surface area contributed by atoms with Crippen LogP contribution in [-0.4, -0.2) is 79.1 Å². The molecule has 1 aromatic heterocycles. The number of amides is 3. The van der Waals surface area contributed by atoms with Gasteiger partial charge < -0.3 is 29.1 Å². The fourth-order valence-electron chi connectivity index (χ4n) is 7.64. The molecule has 46 heavy (non-hydrogen) atoms. The molecule has 2 saturated heterocycles. The quantitative estimate of drug-likeness (QED) is 0.441. The van der Waals surface area contributed by atoms with Crippen molar-refractivity contribution in [3.8, 4) is 22.8 Å². The van der Waals surface area contributed by atoms with Crippen molar-refractivity contribution in [3.05, 3.63) is 64.9 Å². The van der Waals surface area contributed by atoms with Gasteiger partial charge in [-0.3, -0.25) is 14.4 Å². The zero-order valence-corrected chi connectivity index (χ0v) is 27.0. The fourth-order valence-corrected chi connectivity index (χ4v) is 7.64. The van der Waals surface area contributed by atoms with Gasteiger partial charge in [0.15, 0.2) is 11.5 Å². The minimum Gasteiger partial charge on any atom is -0.493 e. The average Bonchev–Trinajstić information content (AvgIpc) is 3.46. The predicted molar refractivity (Wildman–Crippen MR) is 173 cm³/mol. The van der Waals surface area contributed by atoms with Crippen LogP contribution in [0.5, 0.6) is 11.5 Å². The SMILES string of the molecule is COc1cc2cc(c1OC)CCCNC(=O)CCC[C@H]1[C@@H]3C[C@@H](CN(C(=O)c4c(-c5ccccc5)noc4C)C3)CN1C(=O)CC2. The van der Waals surface area contributed by atoms with Gasteiger partial charge in [0, 0.05) is 50.6 Å². The molecule has 0 aliphatic carbocycles. The van der Waals surface area contributed by atoms with Crippen LogP contribution in [0.4, 0.5) is 0 Å². The van der Waals surface area contributed by atoms with Crippen LogP contribution < -0.4 is 14.8 Å². The molecule has 3 aliphatic rings. The highest BCUT2D eigenvalue weighted by Gasteiger charge is 2.44. The molecule has 6 rings (SSSR count). The zero-order valence-electron chi connectivity index (χ0n) is 27.0. The second-order valence-electron chi connectivity index (χ2n) is 12.8. The maximum atomic E-state index is 14.1. The van der Waals surface area contributed by atoms with Gasteiger partial charge in [-0.2, -0.15) is 0 Å². The van der Waals surface area contributed by atoms with E-state index < -0.39 is 0 Å². The van der Waals surface area contributed by atoms with E-state index in [2.05, 4.69) is 21.4 Å². The van der Waals surface area contributed by atoms with Crippen LogP contribution in [0, 0.1) is 18.8 Å². The summed E-state index contributed by atoms with van der Waals surface area (Å²) in [5.74, 6) is 2.21. The van der Waals surface area contributed by atoms with Gasteiger partial charge in [0.05, 0.1) is 14.2 Å². The highest BCUT2D eigenvalue weighted by molar-refractivity contribution is 6.00. The van der Waals surface area contributed by atoms with Crippen molar-refractivity contribution in [2.24, 2.45) is 11.8 Å². The molecule has 4 heterocycles. The second kappa shape index (κ2) is 14.0. The summed E-state index contributed by atoms with van der Waals surface area (Å²) >= 11 is 0. The van der Waals surface area contributed by atoms with Crippen LogP contribution in [0.2, 0.25) is 0 Å². The number of ether oxygens (including phenoxy) is 2. The number of carbonyl (C=O) groups excluding carboxylic acids is 3. The molecule has 3 aliphatic heterocycles. The van der Waals surface area contributed by atoms with Gasteiger partial charge in [0.1, 0.15) is 17.0 Å². The molecule has 0 unspecified atom stereocenters. The van der Waals surface area contributed by atoms with Crippen LogP contribution in [0.1, 0.15) is 65.8 Å². The van der Waals surface area contributed by atoms with Crippen LogP contribution in [-0.2, 0) is 22.4 Å². The van der Waals surface area contributed by atoms with Gasteiger partial charge in [0.2, 0.25) is 11.8 Å². The maximum Gasteiger partial charge on any atom is 0.259 e. The summed E-state index contributed by atoms with van der Waals surface area (Å²) in [4.78, 5) is 44.8. The Morgan fingerprint density at radius 2 is 1.80 bits per heavy atom. The first-order valence-electron chi connectivity index (χ1n) is 16.5. The number of fused-ring (bicyclic) bond motifs is 6. The largest absolute Gasteiger partial charge is 0.493 e. The van der Waals surface area contributed by atoms with Gasteiger partial charge >= 0.3 is 0 Å². The lowest BCUT2D eigenvalue weighted by molar-refractivity contribution is -0.140. The summed E-state index contributed by atoms with van der Waals surface area (Å²) in [5, 5.41) is 7.31. The van der Waals surface area contributed by atoms with E-state index in [1.165, 1.54) is 0 Å². The van der Waals surface area contributed by atoms with Crippen LogP contribution in [0.3, 0.4) is 0 Å². The van der Waals surface area contributed by atoms with Crippen molar-refractivity contribution >= 4 is 17.7 Å². The molecule has 10 heteroatoms. The number of rotatable bonds is 4. The molecule has 244 valence electrons. The molecular formula is C36H44N4O6. The van der Waals surface area contributed by atoms with Gasteiger partial charge in [-0.15, -0.1) is 0 Å². The molecule has 2 aromatic carbocycles. The van der Waals surface area contributed by atoms with Crippen LogP contribution in [0.15, 0.2) is 47.0 Å². The number of methoxy groups -OCH3 is 2. The summed E-state index contributed by atoms with van der Waals surface area (Å²) in [5.41, 5.74) is 3.95. The summed E-state index contributed by atoms with van der Waals surface area (Å²) in [6, 6.07) is 13.7. The average molecular weight is 629 g/mol. The number of nitrogens with zero attached hydrogens (tertiary/aromatic N) is 3. The zero-order chi connectivity index (χ0) is 32.2. The Hall–Kier alpha value is -4.34. The molecule has 3 aromatic rings. The minimum absolute atomic E-state index is 0.0220. The van der Waals surface area contributed by atoms with Crippen molar-refractivity contribution in [2.45, 2.75) is 64.3 Å². The monoisotopic (exact) mass is 628 g/mol. The van der Waals surface area contributed by atoms with Gasteiger partial charge in [-0.05, 0) is 74.5 Å². The van der Waals surface area contributed by atoms with Crippen molar-refractivity contribution in [1.82, 2.24) is 20.3 Å². The molecule has 0 spiro atoms. The Kier molecular flexibility index (Phi) is 9.61. The number of hydrogen-bond donors (Lipinski definition) is 1. The molecule has 3 amide bonds. The Labute approximate surface area is 270 Å². The Balaban J connectivity index is 1.24. The van der Waals surface area contributed by atoms with Crippen molar-refractivity contribution in [1.29, 1.82) is 0 Å². The van der Waals surface area contributed by atoms with Gasteiger partial charge in [-0.1, -0.05) is 41.6 Å². The molecule has 2 fully saturated rings. The van der Waals surface area contributed by atoms with E-state index >= 15 is 0 Å². The standard InChI is InChI=1S/C36H44N4O6/c1-23-33(34(38-46-23)26-9-5-4-6-10-26)36(43)39-20-25-18-28(22-39)29-12-7-13-31(41)37-16-8-11-27-17-24(14-15-32(42)40(29)21-25)19-30(44-2)35(27)45-3/h4-6,9-10,17,19,25,28-29H,7-8,11-16,18,20-22H2,1-3H3,(H,37,41)/t25-,28+,29-/m0/s1. The van der Waals surface area contributed by atoms with Crippen molar-refractivity contribution in [2.75, 3.05) is 40.4 Å². The molecular weight excluding hydrogens is 584 g/mol. The van der Waals surface area contributed by atoms with E-state index in [1.54, 1.807) is 21.1 Å². The molecule has 10 nitrogen and oxygen atoms in total. The highest BCUT2D eigenvalue weighted by atomic mass is 16.5. The van der Waals surface area contributed by atoms with E-state index in [0.717, 1.165) is 42.4 Å². The first kappa shape index (κ1) is 31.6. The molecule has 3 atom stereocenters. The Bertz CT molecular complexity index is 1570. The number of piperidine rings is 2. The molecule has 4 bridgehead atoms. The van der Waals surface area contributed by atoms with Gasteiger partial charge in [-0.25, -0.2) is 0 Å². The number of carbonyl (C=O) groups is 3. The van der Waals surface area contributed by atoms with E-state index in [-0.39, 0.29) is 35.6 Å². The van der Waals surface area contributed by atoms with Crippen molar-refractivity contribution < 1.29 is 28.4 Å². The molecule has 1 N–H and O–H groups in total. The summed E-state index contributed by atoms with van der Waals surface area (Å²) in [6.07, 6.45) is 5.25. The first-order chi connectivity index (χ1) is 22.4.